The highest BCUT2D eigenvalue weighted by atomic mass is 28.4. The molecule has 1 saturated heterocycles. The molecule has 0 saturated carbocycles. The van der Waals surface area contributed by atoms with E-state index in [0.29, 0.717) is 12.0 Å². The smallest absolute Gasteiger partial charge is 0.330 e. The maximum atomic E-state index is 13.6. The molecule has 9 heteroatoms. The highest BCUT2D eigenvalue weighted by molar-refractivity contribution is 6.74. The molecule has 2 rings (SSSR count). The van der Waals surface area contributed by atoms with Crippen LogP contribution < -0.4 is 11.2 Å². The maximum Gasteiger partial charge on any atom is 0.330 e. The number of aromatic amines is 1. The van der Waals surface area contributed by atoms with Gasteiger partial charge in [-0.05, 0) is 31.1 Å². The molecule has 1 fully saturated rings. The Balaban J connectivity index is 2.38. The molecule has 0 bridgehead atoms. The van der Waals surface area contributed by atoms with E-state index >= 15 is 0 Å². The van der Waals surface area contributed by atoms with Crippen LogP contribution in [0.3, 0.4) is 0 Å². The molecule has 1 aliphatic rings. The largest absolute Gasteiger partial charge is 0.411 e. The third-order valence-electron chi connectivity index (χ3n) is 5.24. The van der Waals surface area contributed by atoms with Crippen molar-refractivity contribution in [2.75, 3.05) is 0 Å². The van der Waals surface area contributed by atoms with E-state index in [4.69, 9.17) is 14.4 Å². The minimum atomic E-state index is -2.20. The summed E-state index contributed by atoms with van der Waals surface area (Å²) in [6.45, 7) is 12.0. The second kappa shape index (κ2) is 7.54. The van der Waals surface area contributed by atoms with Gasteiger partial charge in [-0.15, -0.1) is 0 Å². The van der Waals surface area contributed by atoms with Crippen molar-refractivity contribution in [3.05, 3.63) is 44.5 Å². The van der Waals surface area contributed by atoms with E-state index in [2.05, 4.69) is 38.8 Å². The van der Waals surface area contributed by atoms with Crippen molar-refractivity contribution >= 4 is 8.32 Å². The van der Waals surface area contributed by atoms with Crippen LogP contribution in [0.2, 0.25) is 18.1 Å². The summed E-state index contributed by atoms with van der Waals surface area (Å²) in [5.74, 6) is -0.963. The molecule has 3 atom stereocenters. The highest BCUT2D eigenvalue weighted by Crippen LogP contribution is 2.41. The van der Waals surface area contributed by atoms with E-state index in [1.54, 1.807) is 6.92 Å². The number of halogens is 1. The van der Waals surface area contributed by atoms with E-state index in [0.717, 1.165) is 6.08 Å². The first kappa shape index (κ1) is 21.3. The molecular weight excluding hydrogens is 369 g/mol. The first-order valence-electron chi connectivity index (χ1n) is 8.78. The van der Waals surface area contributed by atoms with E-state index in [1.165, 1.54) is 16.8 Å². The topological polar surface area (TPSA) is 97.1 Å². The Morgan fingerprint density at radius 2 is 2.11 bits per heavy atom. The molecule has 1 aromatic heterocycles. The van der Waals surface area contributed by atoms with E-state index in [9.17, 15) is 14.0 Å². The van der Waals surface area contributed by atoms with Crippen LogP contribution in [0.15, 0.2) is 27.7 Å². The molecule has 1 N–H and O–H groups in total. The highest BCUT2D eigenvalue weighted by Gasteiger charge is 2.44. The predicted octanol–water partition coefficient (Wildman–Crippen LogP) is 2.90. The predicted molar refractivity (Wildman–Crippen MR) is 101 cm³/mol. The van der Waals surface area contributed by atoms with Gasteiger partial charge in [0.2, 0.25) is 0 Å². The number of aryl methyl sites for hydroxylation is 1. The Morgan fingerprint density at radius 3 is 2.67 bits per heavy atom. The Hall–Kier alpha value is -2.02. The molecule has 27 heavy (non-hydrogen) atoms. The third kappa shape index (κ3) is 4.64. The van der Waals surface area contributed by atoms with Crippen molar-refractivity contribution in [3.63, 3.8) is 0 Å². The number of nitrogens with zero attached hydrogens (tertiary/aromatic N) is 2. The fourth-order valence-electron chi connectivity index (χ4n) is 2.64. The van der Waals surface area contributed by atoms with Crippen molar-refractivity contribution in [1.82, 2.24) is 9.55 Å². The lowest BCUT2D eigenvalue weighted by Gasteiger charge is -2.39. The summed E-state index contributed by atoms with van der Waals surface area (Å²) in [4.78, 5) is 26.0. The molecule has 0 unspecified atom stereocenters. The lowest BCUT2D eigenvalue weighted by Crippen LogP contribution is -2.45. The van der Waals surface area contributed by atoms with Crippen LogP contribution in [0.25, 0.3) is 0 Å². The van der Waals surface area contributed by atoms with Crippen molar-refractivity contribution in [2.45, 2.75) is 70.7 Å². The molecule has 0 aromatic carbocycles. The molecule has 0 radical (unpaired) electrons. The lowest BCUT2D eigenvalue weighted by atomic mass is 10.1. The van der Waals surface area contributed by atoms with Crippen LogP contribution >= 0.6 is 0 Å². The number of rotatable bonds is 4. The molecule has 1 aliphatic heterocycles. The average Bonchev–Trinajstić information content (AvgIpc) is 2.91. The van der Waals surface area contributed by atoms with Gasteiger partial charge < -0.3 is 9.16 Å². The van der Waals surface area contributed by atoms with Crippen molar-refractivity contribution < 1.29 is 13.6 Å². The first-order chi connectivity index (χ1) is 12.4. The van der Waals surface area contributed by atoms with Crippen LogP contribution in [0.1, 0.15) is 39.0 Å². The minimum absolute atomic E-state index is 0.0709. The molecule has 0 aliphatic carbocycles. The number of hydrogen-bond acceptors (Lipinski definition) is 5. The van der Waals surface area contributed by atoms with Gasteiger partial charge in [0.15, 0.2) is 14.1 Å². The second-order valence-corrected chi connectivity index (χ2v) is 13.1. The maximum absolute atomic E-state index is 13.6. The van der Waals surface area contributed by atoms with Gasteiger partial charge in [-0.1, -0.05) is 20.8 Å². The summed E-state index contributed by atoms with van der Waals surface area (Å²) in [6, 6.07) is 1.44. The Labute approximate surface area is 158 Å². The van der Waals surface area contributed by atoms with E-state index in [-0.39, 0.29) is 5.04 Å². The summed E-state index contributed by atoms with van der Waals surface area (Å²) < 4.78 is 27.1. The van der Waals surface area contributed by atoms with Gasteiger partial charge in [0.1, 0.15) is 18.4 Å². The summed E-state index contributed by atoms with van der Waals surface area (Å²) in [5.41, 5.74) is -0.704. The second-order valence-electron chi connectivity index (χ2n) is 8.31. The zero-order valence-electron chi connectivity index (χ0n) is 16.5. The first-order valence-corrected chi connectivity index (χ1v) is 11.7. The van der Waals surface area contributed by atoms with Crippen LogP contribution in [-0.4, -0.2) is 30.1 Å². The molecule has 148 valence electrons. The van der Waals surface area contributed by atoms with Gasteiger partial charge >= 0.3 is 5.69 Å². The van der Waals surface area contributed by atoms with Gasteiger partial charge in [0.25, 0.3) is 5.56 Å². The zero-order chi connectivity index (χ0) is 20.6. The number of ether oxygens (including phenoxy) is 1. The van der Waals surface area contributed by atoms with Gasteiger partial charge in [0.05, 0.1) is 6.10 Å². The number of allylic oxidation sites excluding steroid dienone is 1. The van der Waals surface area contributed by atoms with Crippen molar-refractivity contribution in [2.24, 2.45) is 0 Å². The van der Waals surface area contributed by atoms with Gasteiger partial charge in [-0.25, -0.2) is 4.79 Å². The molecule has 2 heterocycles. The summed E-state index contributed by atoms with van der Waals surface area (Å²) >= 11 is 0. The van der Waals surface area contributed by atoms with Crippen LogP contribution in [0.5, 0.6) is 0 Å². The van der Waals surface area contributed by atoms with Crippen LogP contribution in [0.4, 0.5) is 4.39 Å². The fraction of sp³-hybridized carbons (Fsp3) is 0.611. The van der Waals surface area contributed by atoms with Gasteiger partial charge in [-0.2, -0.15) is 9.65 Å². The third-order valence-corrected chi connectivity index (χ3v) is 9.74. The molecular formula is C18H26FN3O4Si. The Bertz CT molecular complexity index is 892. The Morgan fingerprint density at radius 1 is 1.48 bits per heavy atom. The zero-order valence-corrected chi connectivity index (χ0v) is 17.5. The summed E-state index contributed by atoms with van der Waals surface area (Å²) in [6.07, 6.45) is 0.772. The van der Waals surface area contributed by atoms with Crippen LogP contribution in [0, 0.1) is 18.3 Å². The van der Waals surface area contributed by atoms with Crippen LogP contribution in [-0.2, 0) is 9.16 Å². The SMILES string of the molecule is Cc1cn([C@H]2C[C@H](O[Si](C)(C)C(C)(C)C)[C@@H](/C=C(\F)C#N)O2)c(=O)[nH]c1=O. The van der Waals surface area contributed by atoms with Crippen molar-refractivity contribution in [3.8, 4) is 6.07 Å². The molecule has 0 amide bonds. The number of hydrogen-bond donors (Lipinski definition) is 1. The van der Waals surface area contributed by atoms with Gasteiger partial charge in [-0.3, -0.25) is 14.3 Å². The number of aromatic nitrogens is 2. The normalized spacial score (nSPS) is 24.1. The van der Waals surface area contributed by atoms with E-state index < -0.39 is 43.8 Å². The summed E-state index contributed by atoms with van der Waals surface area (Å²) in [7, 11) is -2.20. The van der Waals surface area contributed by atoms with Crippen molar-refractivity contribution in [1.29, 1.82) is 5.26 Å². The number of nitrogens with one attached hydrogen (secondary N) is 1. The molecule has 1 aromatic rings. The molecule has 0 spiro atoms. The monoisotopic (exact) mass is 395 g/mol. The number of nitriles is 1. The average molecular weight is 396 g/mol. The minimum Gasteiger partial charge on any atom is -0.411 e. The molecule has 7 nitrogen and oxygen atoms in total. The van der Waals surface area contributed by atoms with E-state index in [1.807, 2.05) is 0 Å². The fourth-order valence-corrected chi connectivity index (χ4v) is 3.98. The number of H-pyrrole nitrogens is 1. The quantitative estimate of drug-likeness (QED) is 0.624. The Kier molecular flexibility index (Phi) is 5.94. The summed E-state index contributed by atoms with van der Waals surface area (Å²) in [5, 5.41) is 8.69. The van der Waals surface area contributed by atoms with Gasteiger partial charge in [0, 0.05) is 18.2 Å². The lowest BCUT2D eigenvalue weighted by molar-refractivity contribution is 0.00562. The standard InChI is InChI=1S/C18H26FN3O4Si/c1-11-10-22(17(24)21-16(11)23)15-8-14(13(25-15)7-12(19)9-20)26-27(5,6)18(2,3)4/h7,10,13-15H,8H2,1-6H3,(H,21,23,24)/b12-7-/t13-,14+,15-/m1/s1.